The first-order chi connectivity index (χ1) is 10.6. The first-order valence-corrected chi connectivity index (χ1v) is 6.79. The van der Waals surface area contributed by atoms with Gasteiger partial charge in [-0.2, -0.15) is 0 Å². The molecule has 0 aliphatic carbocycles. The van der Waals surface area contributed by atoms with E-state index in [4.69, 9.17) is 23.2 Å². The van der Waals surface area contributed by atoms with Crippen molar-refractivity contribution in [2.45, 2.75) is 0 Å². The van der Waals surface area contributed by atoms with Crippen molar-refractivity contribution >= 4 is 23.2 Å². The van der Waals surface area contributed by atoms with Gasteiger partial charge in [-0.25, -0.2) is 8.78 Å². The molecule has 4 nitrogen and oxygen atoms in total. The van der Waals surface area contributed by atoms with Crippen LogP contribution in [0.3, 0.4) is 0 Å². The second kappa shape index (κ2) is 5.90. The summed E-state index contributed by atoms with van der Waals surface area (Å²) in [7, 11) is 0. The molecule has 8 heteroatoms. The molecular weight excluding hydrogens is 333 g/mol. The van der Waals surface area contributed by atoms with Gasteiger partial charge in [0.2, 0.25) is 11.6 Å². The highest BCUT2D eigenvalue weighted by atomic mass is 35.5. The number of nitrogens with zero attached hydrogens (tertiary/aromatic N) is 4. The summed E-state index contributed by atoms with van der Waals surface area (Å²) < 4.78 is 27.6. The molecular formula is C14H6Cl2F2N4. The number of hydrogen-bond acceptors (Lipinski definition) is 4. The van der Waals surface area contributed by atoms with E-state index in [1.54, 1.807) is 0 Å². The average Bonchev–Trinajstić information content (AvgIpc) is 2.48. The van der Waals surface area contributed by atoms with Gasteiger partial charge in [0.15, 0.2) is 0 Å². The van der Waals surface area contributed by atoms with E-state index in [0.717, 1.165) is 0 Å². The molecule has 0 bridgehead atoms. The summed E-state index contributed by atoms with van der Waals surface area (Å²) in [5, 5.41) is 15.3. The Kier molecular flexibility index (Phi) is 3.96. The summed E-state index contributed by atoms with van der Waals surface area (Å²) in [6.45, 7) is 0. The third kappa shape index (κ3) is 2.63. The normalized spacial score (nSPS) is 10.7. The maximum absolute atomic E-state index is 13.8. The average molecular weight is 339 g/mol. The van der Waals surface area contributed by atoms with Gasteiger partial charge in [-0.3, -0.25) is 0 Å². The van der Waals surface area contributed by atoms with Crippen LogP contribution in [-0.2, 0) is 0 Å². The highest BCUT2D eigenvalue weighted by molar-refractivity contribution is 6.33. The zero-order chi connectivity index (χ0) is 15.7. The molecule has 0 aliphatic heterocycles. The molecule has 0 unspecified atom stereocenters. The van der Waals surface area contributed by atoms with Crippen molar-refractivity contribution in [2.24, 2.45) is 0 Å². The van der Waals surface area contributed by atoms with Crippen LogP contribution >= 0.6 is 23.2 Å². The quantitative estimate of drug-likeness (QED) is 0.703. The third-order valence-corrected chi connectivity index (χ3v) is 3.48. The van der Waals surface area contributed by atoms with Crippen LogP contribution in [-0.4, -0.2) is 20.4 Å². The molecule has 0 saturated heterocycles. The minimum Gasteiger partial charge on any atom is -0.206 e. The molecule has 3 rings (SSSR count). The first kappa shape index (κ1) is 14.7. The molecule has 0 spiro atoms. The summed E-state index contributed by atoms with van der Waals surface area (Å²) >= 11 is 11.8. The van der Waals surface area contributed by atoms with Crippen molar-refractivity contribution in [3.63, 3.8) is 0 Å². The number of aromatic nitrogens is 4. The van der Waals surface area contributed by atoms with E-state index in [-0.39, 0.29) is 32.8 Å². The highest BCUT2D eigenvalue weighted by Crippen LogP contribution is 2.29. The lowest BCUT2D eigenvalue weighted by Crippen LogP contribution is -2.02. The fourth-order valence-corrected chi connectivity index (χ4v) is 2.35. The van der Waals surface area contributed by atoms with E-state index in [9.17, 15) is 8.78 Å². The van der Waals surface area contributed by atoms with E-state index < -0.39 is 11.6 Å². The Morgan fingerprint density at radius 3 is 1.32 bits per heavy atom. The van der Waals surface area contributed by atoms with Crippen LogP contribution in [0.2, 0.25) is 10.0 Å². The van der Waals surface area contributed by atoms with E-state index in [2.05, 4.69) is 20.4 Å². The minimum atomic E-state index is -0.604. The molecule has 1 aromatic heterocycles. The Bertz CT molecular complexity index is 730. The smallest absolute Gasteiger partial charge is 0.206 e. The zero-order valence-electron chi connectivity index (χ0n) is 10.8. The van der Waals surface area contributed by atoms with Gasteiger partial charge in [0.1, 0.15) is 11.6 Å². The maximum atomic E-state index is 13.8. The van der Waals surface area contributed by atoms with Gasteiger partial charge in [0.05, 0.1) is 21.2 Å². The molecule has 0 radical (unpaired) electrons. The van der Waals surface area contributed by atoms with Crippen LogP contribution in [0.4, 0.5) is 8.78 Å². The van der Waals surface area contributed by atoms with Crippen LogP contribution in [0, 0.1) is 11.6 Å². The largest absolute Gasteiger partial charge is 0.208 e. The Morgan fingerprint density at radius 1 is 0.636 bits per heavy atom. The van der Waals surface area contributed by atoms with Crippen molar-refractivity contribution in [3.05, 3.63) is 58.1 Å². The van der Waals surface area contributed by atoms with Crippen molar-refractivity contribution in [2.75, 3.05) is 0 Å². The fourth-order valence-electron chi connectivity index (χ4n) is 1.85. The summed E-state index contributed by atoms with van der Waals surface area (Å²) in [6, 6.07) is 8.32. The van der Waals surface area contributed by atoms with Gasteiger partial charge >= 0.3 is 0 Å². The third-order valence-electron chi connectivity index (χ3n) is 2.85. The van der Waals surface area contributed by atoms with Gasteiger partial charge in [0, 0.05) is 0 Å². The summed E-state index contributed by atoms with van der Waals surface area (Å²) in [6.07, 6.45) is 0. The van der Waals surface area contributed by atoms with Crippen molar-refractivity contribution in [3.8, 4) is 22.8 Å². The molecule has 22 heavy (non-hydrogen) atoms. The molecule has 0 fully saturated rings. The Morgan fingerprint density at radius 2 is 1.00 bits per heavy atom. The van der Waals surface area contributed by atoms with Crippen LogP contribution in [0.5, 0.6) is 0 Å². The molecule has 0 aliphatic rings. The van der Waals surface area contributed by atoms with Crippen LogP contribution in [0.1, 0.15) is 0 Å². The standard InChI is InChI=1S/C14H6Cl2F2N4/c15-7-3-1-5-9(17)11(7)13-19-21-14(22-20-13)12-8(16)4-2-6-10(12)18/h1-6H. The summed E-state index contributed by atoms with van der Waals surface area (Å²) in [4.78, 5) is 0. The zero-order valence-corrected chi connectivity index (χ0v) is 12.3. The molecule has 3 aromatic rings. The molecule has 2 aromatic carbocycles. The fraction of sp³-hybridized carbons (Fsp3) is 0. The van der Waals surface area contributed by atoms with Crippen LogP contribution in [0.15, 0.2) is 36.4 Å². The Hall–Kier alpha value is -2.18. The van der Waals surface area contributed by atoms with Crippen molar-refractivity contribution in [1.29, 1.82) is 0 Å². The van der Waals surface area contributed by atoms with E-state index >= 15 is 0 Å². The minimum absolute atomic E-state index is 0.0182. The second-order valence-electron chi connectivity index (χ2n) is 4.24. The SMILES string of the molecule is Fc1cccc(Cl)c1-c1nnc(-c2c(F)cccc2Cl)nn1. The molecule has 0 N–H and O–H groups in total. The van der Waals surface area contributed by atoms with E-state index in [1.807, 2.05) is 0 Å². The second-order valence-corrected chi connectivity index (χ2v) is 5.05. The lowest BCUT2D eigenvalue weighted by atomic mass is 10.2. The molecule has 0 atom stereocenters. The monoisotopic (exact) mass is 338 g/mol. The van der Waals surface area contributed by atoms with Gasteiger partial charge in [-0.05, 0) is 24.3 Å². The van der Waals surface area contributed by atoms with Crippen molar-refractivity contribution < 1.29 is 8.78 Å². The number of benzene rings is 2. The van der Waals surface area contributed by atoms with Gasteiger partial charge in [-0.1, -0.05) is 35.3 Å². The van der Waals surface area contributed by atoms with Gasteiger partial charge in [0.25, 0.3) is 0 Å². The van der Waals surface area contributed by atoms with Gasteiger partial charge < -0.3 is 0 Å². The maximum Gasteiger partial charge on any atom is 0.208 e. The predicted molar refractivity (Wildman–Crippen MR) is 78.4 cm³/mol. The predicted octanol–water partition coefficient (Wildman–Crippen LogP) is 4.19. The molecule has 0 saturated carbocycles. The lowest BCUT2D eigenvalue weighted by molar-refractivity contribution is 0.625. The summed E-state index contributed by atoms with van der Waals surface area (Å²) in [5.74, 6) is -1.40. The topological polar surface area (TPSA) is 51.6 Å². The summed E-state index contributed by atoms with van der Waals surface area (Å²) in [5.41, 5.74) is -0.0364. The van der Waals surface area contributed by atoms with Gasteiger partial charge in [-0.15, -0.1) is 20.4 Å². The van der Waals surface area contributed by atoms with Crippen LogP contribution in [0.25, 0.3) is 22.8 Å². The Balaban J connectivity index is 2.08. The molecule has 110 valence electrons. The molecule has 1 heterocycles. The molecule has 0 amide bonds. The highest BCUT2D eigenvalue weighted by Gasteiger charge is 2.17. The number of rotatable bonds is 2. The lowest BCUT2D eigenvalue weighted by Gasteiger charge is -2.05. The van der Waals surface area contributed by atoms with E-state index in [1.165, 1.54) is 36.4 Å². The Labute approximate surface area is 133 Å². The van der Waals surface area contributed by atoms with E-state index in [0.29, 0.717) is 0 Å². The number of hydrogen-bond donors (Lipinski definition) is 0. The first-order valence-electron chi connectivity index (χ1n) is 6.04. The number of halogens is 4. The van der Waals surface area contributed by atoms with Crippen molar-refractivity contribution in [1.82, 2.24) is 20.4 Å². The van der Waals surface area contributed by atoms with Crippen LogP contribution < -0.4 is 0 Å².